The fourth-order valence-corrected chi connectivity index (χ4v) is 3.02. The molecule has 2 rings (SSSR count). The van der Waals surface area contributed by atoms with Gasteiger partial charge in [0.15, 0.2) is 0 Å². The zero-order valence-electron chi connectivity index (χ0n) is 14.2. The largest absolute Gasteiger partial charge is 0.338 e. The van der Waals surface area contributed by atoms with Gasteiger partial charge in [0.1, 0.15) is 0 Å². The van der Waals surface area contributed by atoms with Crippen molar-refractivity contribution in [2.75, 3.05) is 13.1 Å². The summed E-state index contributed by atoms with van der Waals surface area (Å²) < 4.78 is 1.99. The monoisotopic (exact) mass is 335 g/mol. The van der Waals surface area contributed by atoms with Gasteiger partial charge in [-0.2, -0.15) is 5.10 Å². The Morgan fingerprint density at radius 1 is 1.35 bits per heavy atom. The van der Waals surface area contributed by atoms with Gasteiger partial charge in [-0.05, 0) is 32.8 Å². The average molecular weight is 335 g/mol. The van der Waals surface area contributed by atoms with Crippen LogP contribution in [0.5, 0.6) is 0 Å². The molecule has 2 aromatic rings. The van der Waals surface area contributed by atoms with Gasteiger partial charge in [-0.1, -0.05) is 6.92 Å². The molecular weight excluding hydrogens is 310 g/mol. The number of hydrogen-bond donors (Lipinski definition) is 2. The fraction of sp³-hybridized carbons (Fsp3) is 0.562. The number of hydrogen-bond acceptors (Lipinski definition) is 4. The molecule has 1 atom stereocenters. The van der Waals surface area contributed by atoms with E-state index in [0.717, 1.165) is 35.1 Å². The molecule has 7 heteroatoms. The Bertz CT molecular complexity index is 649. The van der Waals surface area contributed by atoms with Crippen LogP contribution >= 0.6 is 11.3 Å². The predicted octanol–water partition coefficient (Wildman–Crippen LogP) is 2.44. The van der Waals surface area contributed by atoms with Crippen LogP contribution in [0, 0.1) is 26.7 Å². The van der Waals surface area contributed by atoms with E-state index in [2.05, 4.69) is 33.7 Å². The van der Waals surface area contributed by atoms with Crippen LogP contribution in [0.4, 0.5) is 4.79 Å². The quantitative estimate of drug-likeness (QED) is 0.816. The number of thiazole rings is 1. The highest BCUT2D eigenvalue weighted by Crippen LogP contribution is 2.08. The summed E-state index contributed by atoms with van der Waals surface area (Å²) in [6, 6.07) is 1.93. The molecular formula is C16H25N5OS. The first-order chi connectivity index (χ1) is 10.9. The number of aromatic nitrogens is 3. The molecule has 0 spiro atoms. The molecule has 2 amide bonds. The SMILES string of the molecule is Cc1cc(C)n(C[C@@H](C)CNC(=O)NCCc2csc(C)n2)n1. The number of amides is 2. The maximum absolute atomic E-state index is 11.8. The molecule has 6 nitrogen and oxygen atoms in total. The van der Waals surface area contributed by atoms with Crippen LogP contribution in [-0.2, 0) is 13.0 Å². The third-order valence-electron chi connectivity index (χ3n) is 3.53. The molecule has 0 fully saturated rings. The van der Waals surface area contributed by atoms with Gasteiger partial charge in [-0.15, -0.1) is 11.3 Å². The van der Waals surface area contributed by atoms with Crippen LogP contribution in [0.1, 0.15) is 29.0 Å². The first-order valence-corrected chi connectivity index (χ1v) is 8.75. The number of carbonyl (C=O) groups excluding carboxylic acids is 1. The lowest BCUT2D eigenvalue weighted by atomic mass is 10.2. The lowest BCUT2D eigenvalue weighted by molar-refractivity contribution is 0.238. The molecule has 0 saturated heterocycles. The number of aryl methyl sites for hydroxylation is 3. The van der Waals surface area contributed by atoms with E-state index in [1.165, 1.54) is 0 Å². The van der Waals surface area contributed by atoms with Gasteiger partial charge in [0.05, 0.1) is 16.4 Å². The van der Waals surface area contributed by atoms with E-state index < -0.39 is 0 Å². The van der Waals surface area contributed by atoms with Crippen LogP contribution in [0.2, 0.25) is 0 Å². The minimum Gasteiger partial charge on any atom is -0.338 e. The average Bonchev–Trinajstić information content (AvgIpc) is 3.02. The molecule has 2 heterocycles. The molecule has 0 saturated carbocycles. The molecule has 0 bridgehead atoms. The minimum absolute atomic E-state index is 0.128. The highest BCUT2D eigenvalue weighted by atomic mass is 32.1. The van der Waals surface area contributed by atoms with E-state index in [1.807, 2.05) is 30.8 Å². The van der Waals surface area contributed by atoms with Gasteiger partial charge in [0.2, 0.25) is 0 Å². The van der Waals surface area contributed by atoms with Crippen LogP contribution in [0.3, 0.4) is 0 Å². The van der Waals surface area contributed by atoms with Crippen molar-refractivity contribution in [3.63, 3.8) is 0 Å². The molecule has 0 aliphatic carbocycles. The van der Waals surface area contributed by atoms with Gasteiger partial charge >= 0.3 is 6.03 Å². The Morgan fingerprint density at radius 3 is 2.74 bits per heavy atom. The lowest BCUT2D eigenvalue weighted by Crippen LogP contribution is -2.39. The van der Waals surface area contributed by atoms with E-state index in [0.29, 0.717) is 19.0 Å². The molecule has 126 valence electrons. The molecule has 2 aromatic heterocycles. The van der Waals surface area contributed by atoms with Gasteiger partial charge in [-0.25, -0.2) is 9.78 Å². The van der Waals surface area contributed by atoms with Crippen LogP contribution in [0.15, 0.2) is 11.4 Å². The Morgan fingerprint density at radius 2 is 2.13 bits per heavy atom. The van der Waals surface area contributed by atoms with Crippen molar-refractivity contribution in [3.8, 4) is 0 Å². The van der Waals surface area contributed by atoms with E-state index >= 15 is 0 Å². The Kier molecular flexibility index (Phi) is 6.15. The molecule has 0 aliphatic heterocycles. The van der Waals surface area contributed by atoms with Crippen molar-refractivity contribution in [2.24, 2.45) is 5.92 Å². The maximum Gasteiger partial charge on any atom is 0.314 e. The number of rotatable bonds is 7. The Labute approximate surface area is 141 Å². The van der Waals surface area contributed by atoms with Crippen molar-refractivity contribution < 1.29 is 4.79 Å². The molecule has 0 radical (unpaired) electrons. The summed E-state index contributed by atoms with van der Waals surface area (Å²) in [6.07, 6.45) is 0.763. The van der Waals surface area contributed by atoms with Gasteiger partial charge < -0.3 is 10.6 Å². The molecule has 0 aromatic carbocycles. The normalized spacial score (nSPS) is 12.2. The highest BCUT2D eigenvalue weighted by Gasteiger charge is 2.09. The zero-order chi connectivity index (χ0) is 16.8. The maximum atomic E-state index is 11.8. The summed E-state index contributed by atoms with van der Waals surface area (Å²) in [7, 11) is 0. The van der Waals surface area contributed by atoms with Gasteiger partial charge in [-0.3, -0.25) is 4.68 Å². The first kappa shape index (κ1) is 17.5. The van der Waals surface area contributed by atoms with Crippen LogP contribution in [0.25, 0.3) is 0 Å². The van der Waals surface area contributed by atoms with Crippen LogP contribution < -0.4 is 10.6 Å². The number of carbonyl (C=O) groups is 1. The topological polar surface area (TPSA) is 71.8 Å². The summed E-state index contributed by atoms with van der Waals surface area (Å²) in [6.45, 7) is 10.2. The predicted molar refractivity (Wildman–Crippen MR) is 92.8 cm³/mol. The van der Waals surface area contributed by atoms with Gasteiger partial charge in [0.25, 0.3) is 0 Å². The van der Waals surface area contributed by atoms with Crippen molar-refractivity contribution in [3.05, 3.63) is 33.5 Å². The van der Waals surface area contributed by atoms with E-state index in [4.69, 9.17) is 0 Å². The first-order valence-electron chi connectivity index (χ1n) is 7.88. The summed E-state index contributed by atoms with van der Waals surface area (Å²) in [4.78, 5) is 16.2. The van der Waals surface area contributed by atoms with Crippen molar-refractivity contribution in [2.45, 2.75) is 40.7 Å². The summed E-state index contributed by atoms with van der Waals surface area (Å²) in [5.74, 6) is 0.319. The van der Waals surface area contributed by atoms with Crippen LogP contribution in [-0.4, -0.2) is 33.9 Å². The Hall–Kier alpha value is -1.89. The van der Waals surface area contributed by atoms with E-state index in [-0.39, 0.29) is 6.03 Å². The van der Waals surface area contributed by atoms with Gasteiger partial charge in [0, 0.05) is 37.1 Å². The third kappa shape index (κ3) is 5.67. The van der Waals surface area contributed by atoms with Crippen molar-refractivity contribution in [1.29, 1.82) is 0 Å². The van der Waals surface area contributed by atoms with Crippen molar-refractivity contribution >= 4 is 17.4 Å². The number of nitrogens with zero attached hydrogens (tertiary/aromatic N) is 3. The highest BCUT2D eigenvalue weighted by molar-refractivity contribution is 7.09. The summed E-state index contributed by atoms with van der Waals surface area (Å²) in [5, 5.41) is 13.3. The molecule has 0 unspecified atom stereocenters. The Balaban J connectivity index is 1.64. The van der Waals surface area contributed by atoms with E-state index in [1.54, 1.807) is 11.3 Å². The smallest absolute Gasteiger partial charge is 0.314 e. The van der Waals surface area contributed by atoms with Crippen molar-refractivity contribution in [1.82, 2.24) is 25.4 Å². The van der Waals surface area contributed by atoms with E-state index in [9.17, 15) is 4.79 Å². The fourth-order valence-electron chi connectivity index (χ4n) is 2.38. The summed E-state index contributed by atoms with van der Waals surface area (Å²) in [5.41, 5.74) is 3.21. The molecule has 0 aliphatic rings. The number of urea groups is 1. The standard InChI is InChI=1S/C16H25N5OS/c1-11(9-21-13(3)7-12(2)20-21)8-18-16(22)17-6-5-15-10-23-14(4)19-15/h7,10-11H,5-6,8-9H2,1-4H3,(H2,17,18,22)/t11-/m0/s1. The third-order valence-corrected chi connectivity index (χ3v) is 4.35. The summed E-state index contributed by atoms with van der Waals surface area (Å²) >= 11 is 1.63. The second kappa shape index (κ2) is 8.10. The minimum atomic E-state index is -0.128. The molecule has 23 heavy (non-hydrogen) atoms. The second-order valence-electron chi connectivity index (χ2n) is 5.96. The number of nitrogens with one attached hydrogen (secondary N) is 2. The zero-order valence-corrected chi connectivity index (χ0v) is 15.0. The second-order valence-corrected chi connectivity index (χ2v) is 7.02. The molecule has 2 N–H and O–H groups in total. The lowest BCUT2D eigenvalue weighted by Gasteiger charge is -2.14.